The first-order valence-corrected chi connectivity index (χ1v) is 6.14. The lowest BCUT2D eigenvalue weighted by atomic mass is 9.93. The lowest BCUT2D eigenvalue weighted by Gasteiger charge is -2.31. The molecule has 0 aliphatic heterocycles. The predicted octanol–water partition coefficient (Wildman–Crippen LogP) is 0.688. The number of nitrogens with one attached hydrogen (secondary N) is 2. The summed E-state index contributed by atoms with van der Waals surface area (Å²) in [5, 5.41) is 5.82. The van der Waals surface area contributed by atoms with Gasteiger partial charge in [-0.25, -0.2) is 0 Å². The van der Waals surface area contributed by atoms with Crippen molar-refractivity contribution in [1.82, 2.24) is 15.5 Å². The molecule has 0 aromatic carbocycles. The molecule has 96 valence electrons. The number of amides is 1. The molecule has 0 aromatic rings. The van der Waals surface area contributed by atoms with E-state index in [0.29, 0.717) is 18.5 Å². The SMILES string of the molecule is CCC(CC)C(CNC(=O)CNC)N(C)C. The zero-order valence-corrected chi connectivity index (χ0v) is 11.3. The maximum absolute atomic E-state index is 11.4. The minimum Gasteiger partial charge on any atom is -0.353 e. The Morgan fingerprint density at radius 3 is 2.19 bits per heavy atom. The van der Waals surface area contributed by atoms with Crippen molar-refractivity contribution >= 4 is 5.91 Å². The van der Waals surface area contributed by atoms with Crippen molar-refractivity contribution in [2.75, 3.05) is 34.2 Å². The van der Waals surface area contributed by atoms with Crippen LogP contribution in [0.15, 0.2) is 0 Å². The Balaban J connectivity index is 4.18. The van der Waals surface area contributed by atoms with Crippen LogP contribution in [0.3, 0.4) is 0 Å². The third-order valence-electron chi connectivity index (χ3n) is 3.10. The molecule has 0 rings (SSSR count). The first kappa shape index (κ1) is 15.4. The Hall–Kier alpha value is -0.610. The van der Waals surface area contributed by atoms with Crippen LogP contribution in [0.2, 0.25) is 0 Å². The van der Waals surface area contributed by atoms with Gasteiger partial charge in [-0.1, -0.05) is 26.7 Å². The highest BCUT2D eigenvalue weighted by Gasteiger charge is 2.20. The lowest BCUT2D eigenvalue weighted by molar-refractivity contribution is -0.120. The molecule has 4 heteroatoms. The number of nitrogens with zero attached hydrogens (tertiary/aromatic N) is 1. The molecule has 1 atom stereocenters. The largest absolute Gasteiger partial charge is 0.353 e. The van der Waals surface area contributed by atoms with E-state index in [1.807, 2.05) is 0 Å². The minimum atomic E-state index is 0.0697. The fourth-order valence-electron chi connectivity index (χ4n) is 2.05. The van der Waals surface area contributed by atoms with Gasteiger partial charge in [0.1, 0.15) is 0 Å². The first-order valence-electron chi connectivity index (χ1n) is 6.14. The van der Waals surface area contributed by atoms with E-state index in [1.54, 1.807) is 7.05 Å². The molecule has 0 fully saturated rings. The highest BCUT2D eigenvalue weighted by atomic mass is 16.1. The molecule has 0 saturated carbocycles. The average Bonchev–Trinajstić information content (AvgIpc) is 2.24. The topological polar surface area (TPSA) is 44.4 Å². The van der Waals surface area contributed by atoms with Gasteiger partial charge in [0.2, 0.25) is 5.91 Å². The van der Waals surface area contributed by atoms with Crippen molar-refractivity contribution in [1.29, 1.82) is 0 Å². The molecule has 0 heterocycles. The standard InChI is InChI=1S/C12H27N3O/c1-6-10(7-2)11(15(4)5)8-14-12(16)9-13-3/h10-11,13H,6-9H2,1-5H3,(H,14,16). The Kier molecular flexibility index (Phi) is 8.21. The molecule has 0 aromatic heterocycles. The molecular formula is C12H27N3O. The van der Waals surface area contributed by atoms with Crippen molar-refractivity contribution in [3.63, 3.8) is 0 Å². The van der Waals surface area contributed by atoms with Crippen LogP contribution in [0, 0.1) is 5.92 Å². The first-order chi connectivity index (χ1) is 7.56. The van der Waals surface area contributed by atoms with Crippen molar-refractivity contribution < 1.29 is 4.79 Å². The summed E-state index contributed by atoms with van der Waals surface area (Å²) < 4.78 is 0. The van der Waals surface area contributed by atoms with Gasteiger partial charge in [-0.05, 0) is 27.1 Å². The van der Waals surface area contributed by atoms with Crippen LogP contribution < -0.4 is 10.6 Å². The lowest BCUT2D eigenvalue weighted by Crippen LogP contribution is -2.46. The Morgan fingerprint density at radius 1 is 1.25 bits per heavy atom. The summed E-state index contributed by atoms with van der Waals surface area (Å²) in [4.78, 5) is 13.6. The summed E-state index contributed by atoms with van der Waals surface area (Å²) in [6.45, 7) is 5.54. The van der Waals surface area contributed by atoms with Gasteiger partial charge in [-0.3, -0.25) is 4.79 Å². The van der Waals surface area contributed by atoms with Crippen molar-refractivity contribution in [3.8, 4) is 0 Å². The maximum Gasteiger partial charge on any atom is 0.234 e. The summed E-state index contributed by atoms with van der Waals surface area (Å²) in [6.07, 6.45) is 2.31. The molecule has 0 saturated heterocycles. The molecular weight excluding hydrogens is 202 g/mol. The van der Waals surface area contributed by atoms with E-state index in [9.17, 15) is 4.79 Å². The molecule has 1 amide bonds. The highest BCUT2D eigenvalue weighted by molar-refractivity contribution is 5.77. The third kappa shape index (κ3) is 5.47. The number of carbonyl (C=O) groups is 1. The van der Waals surface area contributed by atoms with Gasteiger partial charge in [-0.15, -0.1) is 0 Å². The molecule has 16 heavy (non-hydrogen) atoms. The quantitative estimate of drug-likeness (QED) is 0.643. The van der Waals surface area contributed by atoms with Crippen LogP contribution in [0.1, 0.15) is 26.7 Å². The van der Waals surface area contributed by atoms with E-state index in [2.05, 4.69) is 43.5 Å². The van der Waals surface area contributed by atoms with E-state index in [0.717, 1.165) is 19.4 Å². The molecule has 0 bridgehead atoms. The second-order valence-corrected chi connectivity index (χ2v) is 4.44. The van der Waals surface area contributed by atoms with Gasteiger partial charge in [0.15, 0.2) is 0 Å². The maximum atomic E-state index is 11.4. The molecule has 4 nitrogen and oxygen atoms in total. The fraction of sp³-hybridized carbons (Fsp3) is 0.917. The fourth-order valence-corrected chi connectivity index (χ4v) is 2.05. The molecule has 2 N–H and O–H groups in total. The minimum absolute atomic E-state index is 0.0697. The van der Waals surface area contributed by atoms with E-state index in [-0.39, 0.29) is 5.91 Å². The Labute approximate surface area is 99.8 Å². The van der Waals surface area contributed by atoms with Crippen LogP contribution in [-0.2, 0) is 4.79 Å². The molecule has 0 aliphatic carbocycles. The zero-order chi connectivity index (χ0) is 12.6. The number of hydrogen-bond donors (Lipinski definition) is 2. The van der Waals surface area contributed by atoms with Gasteiger partial charge in [0.05, 0.1) is 6.54 Å². The van der Waals surface area contributed by atoms with E-state index >= 15 is 0 Å². The van der Waals surface area contributed by atoms with E-state index < -0.39 is 0 Å². The van der Waals surface area contributed by atoms with Crippen molar-refractivity contribution in [2.45, 2.75) is 32.7 Å². The Morgan fingerprint density at radius 2 is 1.81 bits per heavy atom. The van der Waals surface area contributed by atoms with Gasteiger partial charge < -0.3 is 15.5 Å². The third-order valence-corrected chi connectivity index (χ3v) is 3.10. The van der Waals surface area contributed by atoms with Crippen LogP contribution in [0.4, 0.5) is 0 Å². The normalized spacial score (nSPS) is 13.2. The second kappa shape index (κ2) is 8.53. The van der Waals surface area contributed by atoms with Crippen molar-refractivity contribution in [2.24, 2.45) is 5.92 Å². The van der Waals surface area contributed by atoms with Gasteiger partial charge in [-0.2, -0.15) is 0 Å². The van der Waals surface area contributed by atoms with Gasteiger partial charge in [0, 0.05) is 12.6 Å². The van der Waals surface area contributed by atoms with Crippen LogP contribution in [-0.4, -0.2) is 51.1 Å². The number of rotatable bonds is 8. The van der Waals surface area contributed by atoms with Crippen LogP contribution >= 0.6 is 0 Å². The number of hydrogen-bond acceptors (Lipinski definition) is 3. The summed E-state index contributed by atoms with van der Waals surface area (Å²) in [6, 6.07) is 0.427. The average molecular weight is 229 g/mol. The van der Waals surface area contributed by atoms with E-state index in [4.69, 9.17) is 0 Å². The monoisotopic (exact) mass is 229 g/mol. The second-order valence-electron chi connectivity index (χ2n) is 4.44. The smallest absolute Gasteiger partial charge is 0.234 e. The molecule has 0 aliphatic rings. The summed E-state index contributed by atoms with van der Waals surface area (Å²) in [5.74, 6) is 0.713. The molecule has 0 radical (unpaired) electrons. The molecule has 1 unspecified atom stereocenters. The molecule has 0 spiro atoms. The number of carbonyl (C=O) groups excluding carboxylic acids is 1. The highest BCUT2D eigenvalue weighted by Crippen LogP contribution is 2.16. The summed E-state index contributed by atoms with van der Waals surface area (Å²) >= 11 is 0. The van der Waals surface area contributed by atoms with Gasteiger partial charge >= 0.3 is 0 Å². The summed E-state index contributed by atoms with van der Waals surface area (Å²) in [5.41, 5.74) is 0. The van der Waals surface area contributed by atoms with E-state index in [1.165, 1.54) is 0 Å². The van der Waals surface area contributed by atoms with Crippen LogP contribution in [0.25, 0.3) is 0 Å². The van der Waals surface area contributed by atoms with Gasteiger partial charge in [0.25, 0.3) is 0 Å². The zero-order valence-electron chi connectivity index (χ0n) is 11.3. The van der Waals surface area contributed by atoms with Crippen LogP contribution in [0.5, 0.6) is 0 Å². The summed E-state index contributed by atoms with van der Waals surface area (Å²) in [7, 11) is 5.93. The Bertz CT molecular complexity index is 191. The predicted molar refractivity (Wildman–Crippen MR) is 68.5 cm³/mol. The number of likely N-dealkylation sites (N-methyl/N-ethyl adjacent to an activating group) is 2. The van der Waals surface area contributed by atoms with Crippen molar-refractivity contribution in [3.05, 3.63) is 0 Å².